The largest absolute Gasteiger partial charge is 0.657 e. The molecular formula is C15H27N2Y-. The summed E-state index contributed by atoms with van der Waals surface area (Å²) >= 11 is 0. The number of nitrogens with zero attached hydrogens (tertiary/aromatic N) is 1. The maximum Gasteiger partial charge on any atom is 0.0754 e. The number of likely N-dealkylation sites (tertiary alicyclic amines) is 1. The van der Waals surface area contributed by atoms with Gasteiger partial charge in [0.25, 0.3) is 0 Å². The molecule has 1 rings (SSSR count). The van der Waals surface area contributed by atoms with Crippen LogP contribution in [-0.2, 0) is 32.7 Å². The summed E-state index contributed by atoms with van der Waals surface area (Å²) < 4.78 is 0. The number of nitrogens with one attached hydrogen (secondary N) is 1. The molecule has 0 aliphatic carbocycles. The van der Waals surface area contributed by atoms with Crippen LogP contribution >= 0.6 is 0 Å². The molecule has 18 heavy (non-hydrogen) atoms. The molecule has 0 bridgehead atoms. The van der Waals surface area contributed by atoms with Crippen LogP contribution in [0.4, 0.5) is 0 Å². The molecule has 0 saturated carbocycles. The molecule has 0 aromatic carbocycles. The molecule has 1 aliphatic heterocycles. The van der Waals surface area contributed by atoms with Crippen molar-refractivity contribution < 1.29 is 32.7 Å². The Bertz CT molecular complexity index is 257. The van der Waals surface area contributed by atoms with E-state index in [9.17, 15) is 0 Å². The van der Waals surface area contributed by atoms with Gasteiger partial charge < -0.3 is 5.73 Å². The van der Waals surface area contributed by atoms with Gasteiger partial charge in [-0.3, -0.25) is 4.90 Å². The summed E-state index contributed by atoms with van der Waals surface area (Å²) in [5.74, 6) is 3.90. The quantitative estimate of drug-likeness (QED) is 0.567. The third-order valence-electron chi connectivity index (χ3n) is 3.47. The van der Waals surface area contributed by atoms with Crippen LogP contribution in [0, 0.1) is 17.9 Å². The average Bonchev–Trinajstić information content (AvgIpc) is 2.33. The average molecular weight is 324 g/mol. The molecule has 0 spiro atoms. The van der Waals surface area contributed by atoms with Crippen LogP contribution < -0.4 is 0 Å². The normalized spacial score (nSPS) is 16.6. The van der Waals surface area contributed by atoms with Crippen molar-refractivity contribution in [3.05, 3.63) is 18.9 Å². The SMILES string of the molecule is C=C.CCCC1CCN(C(C)(C)C#C[NH-])CC1.[Y]. The van der Waals surface area contributed by atoms with Gasteiger partial charge in [0, 0.05) is 32.7 Å². The van der Waals surface area contributed by atoms with Crippen LogP contribution in [0.2, 0.25) is 0 Å². The van der Waals surface area contributed by atoms with E-state index in [1.807, 2.05) is 0 Å². The van der Waals surface area contributed by atoms with Crippen molar-refractivity contribution in [1.82, 2.24) is 4.90 Å². The fourth-order valence-electron chi connectivity index (χ4n) is 2.42. The van der Waals surface area contributed by atoms with Gasteiger partial charge in [-0.05, 0) is 45.7 Å². The Morgan fingerprint density at radius 2 is 1.78 bits per heavy atom. The molecule has 1 heterocycles. The van der Waals surface area contributed by atoms with Gasteiger partial charge in [0.1, 0.15) is 0 Å². The molecule has 101 valence electrons. The smallest absolute Gasteiger partial charge is 0.0754 e. The summed E-state index contributed by atoms with van der Waals surface area (Å²) in [6.07, 6.45) is 5.28. The van der Waals surface area contributed by atoms with E-state index in [1.165, 1.54) is 25.7 Å². The number of hydrogen-bond donors (Lipinski definition) is 0. The summed E-state index contributed by atoms with van der Waals surface area (Å²) in [6, 6.07) is 2.30. The molecule has 1 radical (unpaired) electrons. The maximum absolute atomic E-state index is 6.99. The van der Waals surface area contributed by atoms with E-state index in [4.69, 9.17) is 5.73 Å². The fraction of sp³-hybridized carbons (Fsp3) is 0.733. The molecule has 0 aromatic rings. The van der Waals surface area contributed by atoms with Crippen LogP contribution in [0.3, 0.4) is 0 Å². The van der Waals surface area contributed by atoms with E-state index < -0.39 is 0 Å². The molecule has 2 nitrogen and oxygen atoms in total. The molecule has 0 aromatic heterocycles. The second kappa shape index (κ2) is 11.0. The predicted octanol–water partition coefficient (Wildman–Crippen LogP) is 4.09. The standard InChI is InChI=1S/C13H23N2.C2H4.Y/c1-4-5-12-6-10-15(11-7-12)13(2,3)8-9-14;1-2;/h12,14H,4-7,10-11H2,1-3H3;1-2H2;/q-1;;. The van der Waals surface area contributed by atoms with E-state index in [2.05, 4.69) is 50.8 Å². The van der Waals surface area contributed by atoms with Crippen molar-refractivity contribution >= 4 is 0 Å². The Balaban J connectivity index is 0. The van der Waals surface area contributed by atoms with Gasteiger partial charge in [-0.2, -0.15) is 0 Å². The Hall–Kier alpha value is 0.164. The van der Waals surface area contributed by atoms with Gasteiger partial charge in [0.2, 0.25) is 0 Å². The minimum absolute atomic E-state index is 0. The zero-order valence-electron chi connectivity index (χ0n) is 12.3. The fourth-order valence-corrected chi connectivity index (χ4v) is 2.42. The van der Waals surface area contributed by atoms with Crippen LogP contribution in [0.15, 0.2) is 13.2 Å². The topological polar surface area (TPSA) is 27.0 Å². The van der Waals surface area contributed by atoms with Crippen LogP contribution in [-0.4, -0.2) is 23.5 Å². The van der Waals surface area contributed by atoms with Crippen LogP contribution in [0.5, 0.6) is 0 Å². The Morgan fingerprint density at radius 1 is 1.28 bits per heavy atom. The van der Waals surface area contributed by atoms with Crippen molar-refractivity contribution in [1.29, 1.82) is 0 Å². The van der Waals surface area contributed by atoms with E-state index in [1.54, 1.807) is 0 Å². The minimum atomic E-state index is -0.112. The van der Waals surface area contributed by atoms with Gasteiger partial charge in [-0.15, -0.1) is 19.1 Å². The molecule has 0 amide bonds. The first kappa shape index (κ1) is 20.5. The number of hydrogen-bond acceptors (Lipinski definition) is 1. The number of piperidine rings is 1. The summed E-state index contributed by atoms with van der Waals surface area (Å²) in [4.78, 5) is 2.42. The monoisotopic (exact) mass is 324 g/mol. The van der Waals surface area contributed by atoms with Crippen LogP contribution in [0.1, 0.15) is 46.5 Å². The molecule has 0 unspecified atom stereocenters. The van der Waals surface area contributed by atoms with Gasteiger partial charge in [0.05, 0.1) is 5.54 Å². The summed E-state index contributed by atoms with van der Waals surface area (Å²) in [5, 5.41) is 0. The summed E-state index contributed by atoms with van der Waals surface area (Å²) in [7, 11) is 0. The molecule has 3 heteroatoms. The molecule has 1 saturated heterocycles. The van der Waals surface area contributed by atoms with Crippen molar-refractivity contribution in [3.8, 4) is 12.0 Å². The Kier molecular flexibility index (Phi) is 12.5. The van der Waals surface area contributed by atoms with Crippen molar-refractivity contribution in [2.75, 3.05) is 13.1 Å². The zero-order chi connectivity index (χ0) is 13.3. The first-order chi connectivity index (χ1) is 8.10. The van der Waals surface area contributed by atoms with E-state index in [-0.39, 0.29) is 38.2 Å². The first-order valence-electron chi connectivity index (χ1n) is 6.54. The van der Waals surface area contributed by atoms with Gasteiger partial charge in [-0.25, -0.2) is 6.04 Å². The van der Waals surface area contributed by atoms with E-state index in [0.29, 0.717) is 0 Å². The molecule has 1 aliphatic rings. The predicted molar refractivity (Wildman–Crippen MR) is 76.6 cm³/mol. The Morgan fingerprint density at radius 3 is 2.17 bits per heavy atom. The van der Waals surface area contributed by atoms with E-state index >= 15 is 0 Å². The number of rotatable bonds is 3. The minimum Gasteiger partial charge on any atom is -0.657 e. The van der Waals surface area contributed by atoms with Crippen molar-refractivity contribution in [3.63, 3.8) is 0 Å². The second-order valence-corrected chi connectivity index (χ2v) is 5.03. The van der Waals surface area contributed by atoms with E-state index in [0.717, 1.165) is 19.0 Å². The molecule has 1 fully saturated rings. The summed E-state index contributed by atoms with van der Waals surface area (Å²) in [6.45, 7) is 14.8. The van der Waals surface area contributed by atoms with Crippen molar-refractivity contribution in [2.45, 2.75) is 52.0 Å². The van der Waals surface area contributed by atoms with Gasteiger partial charge in [-0.1, -0.05) is 19.8 Å². The zero-order valence-corrected chi connectivity index (χ0v) is 15.1. The van der Waals surface area contributed by atoms with Crippen molar-refractivity contribution in [2.24, 2.45) is 5.92 Å². The third-order valence-corrected chi connectivity index (χ3v) is 3.47. The van der Waals surface area contributed by atoms with Gasteiger partial charge >= 0.3 is 0 Å². The van der Waals surface area contributed by atoms with Crippen LogP contribution in [0.25, 0.3) is 5.73 Å². The summed E-state index contributed by atoms with van der Waals surface area (Å²) in [5.41, 5.74) is 6.88. The maximum atomic E-state index is 6.99. The second-order valence-electron chi connectivity index (χ2n) is 5.03. The molecular weight excluding hydrogens is 297 g/mol. The van der Waals surface area contributed by atoms with Gasteiger partial charge in [0.15, 0.2) is 0 Å². The third kappa shape index (κ3) is 6.93. The molecule has 0 atom stereocenters. The molecule has 1 N–H and O–H groups in total. The first-order valence-corrected chi connectivity index (χ1v) is 6.54. The Labute approximate surface area is 139 Å².